The van der Waals surface area contributed by atoms with Gasteiger partial charge >= 0.3 is 0 Å². The molecular formula is C19H33N5O. The summed E-state index contributed by atoms with van der Waals surface area (Å²) in [4.78, 5) is 6.78. The molecule has 2 aliphatic rings. The molecule has 0 amide bonds. The highest BCUT2D eigenvalue weighted by Gasteiger charge is 2.25. The van der Waals surface area contributed by atoms with Crippen LogP contribution in [0.3, 0.4) is 0 Å². The van der Waals surface area contributed by atoms with E-state index in [0.717, 1.165) is 43.7 Å². The molecule has 0 radical (unpaired) electrons. The van der Waals surface area contributed by atoms with E-state index in [-0.39, 0.29) is 6.10 Å². The Hall–Kier alpha value is -1.56. The fraction of sp³-hybridized carbons (Fsp3) is 0.789. The second-order valence-electron chi connectivity index (χ2n) is 7.37. The highest BCUT2D eigenvalue weighted by molar-refractivity contribution is 5.80. The lowest BCUT2D eigenvalue weighted by Crippen LogP contribution is -2.48. The van der Waals surface area contributed by atoms with Crippen LogP contribution in [0, 0.1) is 5.92 Å². The van der Waals surface area contributed by atoms with Crippen LogP contribution < -0.4 is 5.32 Å². The summed E-state index contributed by atoms with van der Waals surface area (Å²) in [6.07, 6.45) is 13.8. The Morgan fingerprint density at radius 1 is 1.36 bits per heavy atom. The summed E-state index contributed by atoms with van der Waals surface area (Å²) in [5.74, 6) is 2.00. The van der Waals surface area contributed by atoms with Crippen molar-refractivity contribution in [3.63, 3.8) is 0 Å². The maximum atomic E-state index is 5.92. The Bertz CT molecular complexity index is 550. The molecule has 1 unspecified atom stereocenters. The van der Waals surface area contributed by atoms with E-state index in [9.17, 15) is 0 Å². The molecule has 6 nitrogen and oxygen atoms in total. The minimum atomic E-state index is 0.0726. The first kappa shape index (κ1) is 18.2. The summed E-state index contributed by atoms with van der Waals surface area (Å²) < 4.78 is 7.75. The van der Waals surface area contributed by atoms with Crippen molar-refractivity contribution >= 4 is 5.96 Å². The van der Waals surface area contributed by atoms with Crippen LogP contribution in [0.15, 0.2) is 17.4 Å². The lowest BCUT2D eigenvalue weighted by molar-refractivity contribution is -0.00802. The van der Waals surface area contributed by atoms with Gasteiger partial charge in [0.15, 0.2) is 5.96 Å². The molecule has 2 heterocycles. The topological polar surface area (TPSA) is 54.7 Å². The number of hydrogen-bond acceptors (Lipinski definition) is 3. The molecule has 25 heavy (non-hydrogen) atoms. The van der Waals surface area contributed by atoms with Gasteiger partial charge in [0.1, 0.15) is 6.10 Å². The summed E-state index contributed by atoms with van der Waals surface area (Å²) in [7, 11) is 3.81. The number of guanidine groups is 1. The summed E-state index contributed by atoms with van der Waals surface area (Å²) in [6, 6.07) is 0. The highest BCUT2D eigenvalue weighted by atomic mass is 16.5. The fourth-order valence-electron chi connectivity index (χ4n) is 4.04. The van der Waals surface area contributed by atoms with Crippen molar-refractivity contribution in [1.29, 1.82) is 0 Å². The standard InChI is InChI=1S/C19H33N5O/c1-20-19(21-10-6-5-9-16-7-3-4-8-16)24-11-12-25-18(15-24)17-13-22-23(2)14-17/h13-14,16,18H,3-12,15H2,1-2H3,(H,20,21). The molecule has 0 aromatic carbocycles. The zero-order valence-electron chi connectivity index (χ0n) is 15.8. The molecule has 1 saturated carbocycles. The predicted octanol–water partition coefficient (Wildman–Crippen LogP) is 2.73. The van der Waals surface area contributed by atoms with Crippen molar-refractivity contribution in [3.8, 4) is 0 Å². The van der Waals surface area contributed by atoms with E-state index in [1.807, 2.05) is 31.2 Å². The highest BCUT2D eigenvalue weighted by Crippen LogP contribution is 2.28. The maximum absolute atomic E-state index is 5.92. The molecule has 1 aliphatic carbocycles. The van der Waals surface area contributed by atoms with Gasteiger partial charge in [-0.3, -0.25) is 9.67 Å². The second-order valence-corrected chi connectivity index (χ2v) is 7.37. The van der Waals surface area contributed by atoms with Crippen molar-refractivity contribution in [2.24, 2.45) is 18.0 Å². The van der Waals surface area contributed by atoms with Crippen molar-refractivity contribution in [3.05, 3.63) is 18.0 Å². The molecule has 2 fully saturated rings. The Morgan fingerprint density at radius 2 is 2.20 bits per heavy atom. The molecule has 140 valence electrons. The van der Waals surface area contributed by atoms with E-state index in [4.69, 9.17) is 4.74 Å². The van der Waals surface area contributed by atoms with E-state index in [1.54, 1.807) is 0 Å². The van der Waals surface area contributed by atoms with E-state index >= 15 is 0 Å². The van der Waals surface area contributed by atoms with Crippen molar-refractivity contribution in [2.45, 2.75) is 51.0 Å². The molecule has 0 bridgehead atoms. The van der Waals surface area contributed by atoms with Crippen LogP contribution >= 0.6 is 0 Å². The van der Waals surface area contributed by atoms with Crippen molar-refractivity contribution in [1.82, 2.24) is 20.0 Å². The van der Waals surface area contributed by atoms with Crippen LogP contribution in [-0.2, 0) is 11.8 Å². The van der Waals surface area contributed by atoms with Gasteiger partial charge < -0.3 is 15.0 Å². The van der Waals surface area contributed by atoms with Crippen molar-refractivity contribution in [2.75, 3.05) is 33.3 Å². The SMILES string of the molecule is CN=C(NCCCCC1CCCC1)N1CCOC(c2cnn(C)c2)C1. The second kappa shape index (κ2) is 9.22. The third-order valence-corrected chi connectivity index (χ3v) is 5.47. The Labute approximate surface area is 151 Å². The third-order valence-electron chi connectivity index (χ3n) is 5.47. The Morgan fingerprint density at radius 3 is 2.92 bits per heavy atom. The van der Waals surface area contributed by atoms with Gasteiger partial charge in [0.25, 0.3) is 0 Å². The molecule has 1 saturated heterocycles. The largest absolute Gasteiger partial charge is 0.370 e. The molecule has 3 rings (SSSR count). The maximum Gasteiger partial charge on any atom is 0.193 e. The number of hydrogen-bond donors (Lipinski definition) is 1. The lowest BCUT2D eigenvalue weighted by Gasteiger charge is -2.34. The average molecular weight is 348 g/mol. The molecule has 1 aliphatic heterocycles. The van der Waals surface area contributed by atoms with Crippen molar-refractivity contribution < 1.29 is 4.74 Å². The quantitative estimate of drug-likeness (QED) is 0.488. The van der Waals surface area contributed by atoms with Gasteiger partial charge in [-0.1, -0.05) is 38.5 Å². The minimum absolute atomic E-state index is 0.0726. The van der Waals surface area contributed by atoms with E-state index < -0.39 is 0 Å². The van der Waals surface area contributed by atoms with Crippen LogP contribution in [0.5, 0.6) is 0 Å². The molecule has 0 spiro atoms. The van der Waals surface area contributed by atoms with Crippen LogP contribution in [0.2, 0.25) is 0 Å². The van der Waals surface area contributed by atoms with Gasteiger partial charge in [-0.15, -0.1) is 0 Å². The van der Waals surface area contributed by atoms with Crippen LogP contribution in [0.4, 0.5) is 0 Å². The number of rotatable bonds is 6. The number of ether oxygens (including phenoxy) is 1. The number of aromatic nitrogens is 2. The molecule has 1 aromatic rings. The number of morpholine rings is 1. The molecule has 1 N–H and O–H groups in total. The van der Waals surface area contributed by atoms with Gasteiger partial charge in [-0.05, 0) is 12.3 Å². The molecule has 1 atom stereocenters. The molecule has 6 heteroatoms. The minimum Gasteiger partial charge on any atom is -0.370 e. The number of aliphatic imine (C=N–C) groups is 1. The number of nitrogens with zero attached hydrogens (tertiary/aromatic N) is 4. The zero-order chi connectivity index (χ0) is 17.5. The predicted molar refractivity (Wildman–Crippen MR) is 101 cm³/mol. The zero-order valence-corrected chi connectivity index (χ0v) is 15.8. The van der Waals surface area contributed by atoms with Crippen LogP contribution in [0.1, 0.15) is 56.6 Å². The summed E-state index contributed by atoms with van der Waals surface area (Å²) >= 11 is 0. The first-order chi connectivity index (χ1) is 12.3. The Balaban J connectivity index is 1.40. The number of unbranched alkanes of at least 4 members (excludes halogenated alkanes) is 1. The average Bonchev–Trinajstić information content (AvgIpc) is 3.30. The van der Waals surface area contributed by atoms with Gasteiger partial charge in [-0.2, -0.15) is 5.10 Å². The number of nitrogens with one attached hydrogen (secondary N) is 1. The normalized spacial score (nSPS) is 22.6. The first-order valence-corrected chi connectivity index (χ1v) is 9.82. The van der Waals surface area contributed by atoms with Gasteiger partial charge in [0, 0.05) is 38.9 Å². The van der Waals surface area contributed by atoms with Crippen LogP contribution in [-0.4, -0.2) is 53.9 Å². The van der Waals surface area contributed by atoms with E-state index in [1.165, 1.54) is 44.9 Å². The van der Waals surface area contributed by atoms with E-state index in [2.05, 4.69) is 20.3 Å². The summed E-state index contributed by atoms with van der Waals surface area (Å²) in [6.45, 7) is 3.45. The fourth-order valence-corrected chi connectivity index (χ4v) is 4.04. The van der Waals surface area contributed by atoms with Gasteiger partial charge in [0.05, 0.1) is 19.3 Å². The van der Waals surface area contributed by atoms with Gasteiger partial charge in [0.2, 0.25) is 0 Å². The van der Waals surface area contributed by atoms with E-state index in [0.29, 0.717) is 0 Å². The first-order valence-electron chi connectivity index (χ1n) is 9.82. The Kier molecular flexibility index (Phi) is 6.73. The molecular weight excluding hydrogens is 314 g/mol. The lowest BCUT2D eigenvalue weighted by atomic mass is 10.0. The van der Waals surface area contributed by atoms with Crippen LogP contribution in [0.25, 0.3) is 0 Å². The van der Waals surface area contributed by atoms with Gasteiger partial charge in [-0.25, -0.2) is 0 Å². The summed E-state index contributed by atoms with van der Waals surface area (Å²) in [5, 5.41) is 7.80. The monoisotopic (exact) mass is 347 g/mol. The smallest absolute Gasteiger partial charge is 0.193 e. The summed E-state index contributed by atoms with van der Waals surface area (Å²) in [5.41, 5.74) is 1.14. The molecule has 1 aromatic heterocycles. The third kappa shape index (κ3) is 5.21. The number of aryl methyl sites for hydroxylation is 1.